The van der Waals surface area contributed by atoms with E-state index in [1.165, 1.54) is 0 Å². The maximum absolute atomic E-state index is 8.77. The van der Waals surface area contributed by atoms with Crippen LogP contribution < -0.4 is 11.5 Å². The SMILES string of the molecule is N#Cc1cc(N)cc2[nH]c(N)nc12. The molecule has 0 bridgehead atoms. The molecule has 13 heavy (non-hydrogen) atoms. The minimum atomic E-state index is 0.289. The van der Waals surface area contributed by atoms with Gasteiger partial charge in [-0.2, -0.15) is 5.26 Å². The van der Waals surface area contributed by atoms with E-state index in [-0.39, 0.29) is 5.95 Å². The van der Waals surface area contributed by atoms with Gasteiger partial charge in [-0.3, -0.25) is 0 Å². The molecule has 5 nitrogen and oxygen atoms in total. The van der Waals surface area contributed by atoms with Crippen molar-refractivity contribution in [2.75, 3.05) is 11.5 Å². The zero-order valence-corrected chi connectivity index (χ0v) is 6.70. The van der Waals surface area contributed by atoms with E-state index in [0.29, 0.717) is 22.3 Å². The second-order valence-electron chi connectivity index (χ2n) is 2.70. The number of imidazole rings is 1. The fourth-order valence-electron chi connectivity index (χ4n) is 1.24. The molecule has 0 saturated heterocycles. The number of nitrogens with one attached hydrogen (secondary N) is 1. The number of hydrogen-bond donors (Lipinski definition) is 3. The van der Waals surface area contributed by atoms with Crippen molar-refractivity contribution in [1.29, 1.82) is 5.26 Å². The molecule has 0 spiro atoms. The zero-order chi connectivity index (χ0) is 9.42. The predicted molar refractivity (Wildman–Crippen MR) is 49.6 cm³/mol. The number of anilines is 2. The highest BCUT2D eigenvalue weighted by Gasteiger charge is 2.06. The Bertz CT molecular complexity index is 505. The van der Waals surface area contributed by atoms with Crippen molar-refractivity contribution in [2.24, 2.45) is 0 Å². The van der Waals surface area contributed by atoms with Gasteiger partial charge in [-0.25, -0.2) is 4.98 Å². The van der Waals surface area contributed by atoms with Gasteiger partial charge < -0.3 is 16.5 Å². The van der Waals surface area contributed by atoms with E-state index in [1.54, 1.807) is 12.1 Å². The maximum Gasteiger partial charge on any atom is 0.198 e. The van der Waals surface area contributed by atoms with Crippen LogP contribution in [0.15, 0.2) is 12.1 Å². The van der Waals surface area contributed by atoms with Crippen LogP contribution in [0.3, 0.4) is 0 Å². The summed E-state index contributed by atoms with van der Waals surface area (Å²) in [5.41, 5.74) is 13.2. The molecule has 1 aromatic carbocycles. The second kappa shape index (κ2) is 2.38. The van der Waals surface area contributed by atoms with Crippen molar-refractivity contribution < 1.29 is 0 Å². The minimum absolute atomic E-state index is 0.289. The van der Waals surface area contributed by atoms with Gasteiger partial charge in [0.15, 0.2) is 5.95 Å². The van der Waals surface area contributed by atoms with Gasteiger partial charge in [0.1, 0.15) is 11.6 Å². The average molecular weight is 173 g/mol. The van der Waals surface area contributed by atoms with Gasteiger partial charge >= 0.3 is 0 Å². The van der Waals surface area contributed by atoms with Crippen LogP contribution in [0.4, 0.5) is 11.6 Å². The minimum Gasteiger partial charge on any atom is -0.399 e. The molecule has 1 heterocycles. The van der Waals surface area contributed by atoms with E-state index in [0.717, 1.165) is 0 Å². The van der Waals surface area contributed by atoms with Crippen LogP contribution in [0.1, 0.15) is 5.56 Å². The Balaban J connectivity index is 2.90. The van der Waals surface area contributed by atoms with Crippen LogP contribution in [-0.4, -0.2) is 9.97 Å². The van der Waals surface area contributed by atoms with E-state index >= 15 is 0 Å². The van der Waals surface area contributed by atoms with Gasteiger partial charge in [-0.1, -0.05) is 0 Å². The van der Waals surface area contributed by atoms with Crippen LogP contribution in [0.2, 0.25) is 0 Å². The summed E-state index contributed by atoms with van der Waals surface area (Å²) >= 11 is 0. The van der Waals surface area contributed by atoms with E-state index in [4.69, 9.17) is 16.7 Å². The van der Waals surface area contributed by atoms with Crippen molar-refractivity contribution in [1.82, 2.24) is 9.97 Å². The number of rotatable bonds is 0. The van der Waals surface area contributed by atoms with Gasteiger partial charge in [-0.05, 0) is 12.1 Å². The Morgan fingerprint density at radius 1 is 1.38 bits per heavy atom. The monoisotopic (exact) mass is 173 g/mol. The third kappa shape index (κ3) is 1.05. The first-order valence-electron chi connectivity index (χ1n) is 3.65. The fourth-order valence-corrected chi connectivity index (χ4v) is 1.24. The average Bonchev–Trinajstić information content (AvgIpc) is 2.43. The van der Waals surface area contributed by atoms with Crippen LogP contribution in [0.25, 0.3) is 11.0 Å². The topological polar surface area (TPSA) is 105 Å². The van der Waals surface area contributed by atoms with Crippen molar-refractivity contribution in [2.45, 2.75) is 0 Å². The lowest BCUT2D eigenvalue weighted by Crippen LogP contribution is -1.87. The number of H-pyrrole nitrogens is 1. The molecule has 5 heteroatoms. The fraction of sp³-hybridized carbons (Fsp3) is 0. The maximum atomic E-state index is 8.77. The smallest absolute Gasteiger partial charge is 0.198 e. The van der Waals surface area contributed by atoms with Gasteiger partial charge in [0, 0.05) is 5.69 Å². The first-order chi connectivity index (χ1) is 6.20. The summed E-state index contributed by atoms with van der Waals surface area (Å²) in [6.45, 7) is 0. The Morgan fingerprint density at radius 3 is 2.85 bits per heavy atom. The van der Waals surface area contributed by atoms with E-state index in [2.05, 4.69) is 9.97 Å². The number of hydrogen-bond acceptors (Lipinski definition) is 4. The normalized spacial score (nSPS) is 10.1. The lowest BCUT2D eigenvalue weighted by Gasteiger charge is -1.94. The number of aromatic nitrogens is 2. The Morgan fingerprint density at radius 2 is 2.15 bits per heavy atom. The highest BCUT2D eigenvalue weighted by molar-refractivity contribution is 5.86. The Kier molecular flexibility index (Phi) is 1.36. The molecule has 2 aromatic rings. The predicted octanol–water partition coefficient (Wildman–Crippen LogP) is 0.599. The van der Waals surface area contributed by atoms with Crippen molar-refractivity contribution in [3.8, 4) is 6.07 Å². The molecule has 0 aliphatic carbocycles. The van der Waals surface area contributed by atoms with Gasteiger partial charge in [0.2, 0.25) is 0 Å². The van der Waals surface area contributed by atoms with Crippen molar-refractivity contribution in [3.63, 3.8) is 0 Å². The molecule has 0 amide bonds. The lowest BCUT2D eigenvalue weighted by atomic mass is 10.2. The van der Waals surface area contributed by atoms with E-state index in [9.17, 15) is 0 Å². The largest absolute Gasteiger partial charge is 0.399 e. The van der Waals surface area contributed by atoms with Crippen LogP contribution in [-0.2, 0) is 0 Å². The first kappa shape index (κ1) is 7.43. The van der Waals surface area contributed by atoms with Crippen LogP contribution >= 0.6 is 0 Å². The molecule has 0 atom stereocenters. The number of benzene rings is 1. The van der Waals surface area contributed by atoms with Gasteiger partial charge in [0.25, 0.3) is 0 Å². The number of nitriles is 1. The Hall–Kier alpha value is -2.22. The summed E-state index contributed by atoms with van der Waals surface area (Å²) in [5, 5.41) is 8.77. The summed E-state index contributed by atoms with van der Waals surface area (Å²) in [4.78, 5) is 6.78. The standard InChI is InChI=1S/C8H7N5/c9-3-4-1-5(10)2-6-7(4)13-8(11)12-6/h1-2H,10H2,(H3,11,12,13). The third-order valence-electron chi connectivity index (χ3n) is 1.75. The summed E-state index contributed by atoms with van der Waals surface area (Å²) in [6.07, 6.45) is 0. The summed E-state index contributed by atoms with van der Waals surface area (Å²) in [5.74, 6) is 0.289. The third-order valence-corrected chi connectivity index (χ3v) is 1.75. The van der Waals surface area contributed by atoms with Crippen molar-refractivity contribution in [3.05, 3.63) is 17.7 Å². The molecule has 0 radical (unpaired) electrons. The van der Waals surface area contributed by atoms with Gasteiger partial charge in [-0.15, -0.1) is 0 Å². The summed E-state index contributed by atoms with van der Waals surface area (Å²) < 4.78 is 0. The number of nitrogens with zero attached hydrogens (tertiary/aromatic N) is 2. The van der Waals surface area contributed by atoms with Crippen LogP contribution in [0, 0.1) is 11.3 Å². The molecule has 0 saturated carbocycles. The summed E-state index contributed by atoms with van der Waals surface area (Å²) in [7, 11) is 0. The molecular weight excluding hydrogens is 166 g/mol. The second-order valence-corrected chi connectivity index (χ2v) is 2.70. The lowest BCUT2D eigenvalue weighted by molar-refractivity contribution is 1.35. The number of fused-ring (bicyclic) bond motifs is 1. The summed E-state index contributed by atoms with van der Waals surface area (Å²) in [6, 6.07) is 5.27. The van der Waals surface area contributed by atoms with E-state index in [1.807, 2.05) is 6.07 Å². The molecule has 1 aromatic heterocycles. The number of aromatic amines is 1. The quantitative estimate of drug-likeness (QED) is 0.507. The highest BCUT2D eigenvalue weighted by Crippen LogP contribution is 2.20. The number of nitrogen functional groups attached to an aromatic ring is 2. The highest BCUT2D eigenvalue weighted by atomic mass is 15.0. The van der Waals surface area contributed by atoms with Crippen molar-refractivity contribution >= 4 is 22.7 Å². The van der Waals surface area contributed by atoms with Gasteiger partial charge in [0.05, 0.1) is 11.1 Å². The molecule has 0 aliphatic rings. The van der Waals surface area contributed by atoms with E-state index < -0.39 is 0 Å². The Labute approximate surface area is 74.0 Å². The molecular formula is C8H7N5. The number of nitrogens with two attached hydrogens (primary N) is 2. The molecule has 64 valence electrons. The van der Waals surface area contributed by atoms with Crippen LogP contribution in [0.5, 0.6) is 0 Å². The molecule has 0 aliphatic heterocycles. The molecule has 5 N–H and O–H groups in total. The zero-order valence-electron chi connectivity index (χ0n) is 6.70. The molecule has 2 rings (SSSR count). The molecule has 0 unspecified atom stereocenters. The molecule has 0 fully saturated rings. The first-order valence-corrected chi connectivity index (χ1v) is 3.65.